The summed E-state index contributed by atoms with van der Waals surface area (Å²) in [6, 6.07) is 6.17. The Kier molecular flexibility index (Phi) is 10.6. The SMILES string of the molecule is COc1ccc2c(O[C@@H]3C[C@H]4C(O)N[C@]5(C(=O)NS(=O)C6CC6)C[C@H]5/C=C/CCCCN(C)C(C)[C@@H]4C3)cc(-c3nc(C(C)C)cs3)nc2c1C. The molecule has 3 aliphatic carbocycles. The van der Waals surface area contributed by atoms with Gasteiger partial charge >= 0.3 is 0 Å². The summed E-state index contributed by atoms with van der Waals surface area (Å²) in [6.07, 6.45) is 9.96. The fraction of sp³-hybridized carbons (Fsp3) is 0.615. The van der Waals surface area contributed by atoms with Crippen molar-refractivity contribution < 1.29 is 23.6 Å². The van der Waals surface area contributed by atoms with Crippen LogP contribution < -0.4 is 19.5 Å². The number of nitrogens with zero attached hydrogens (tertiary/aromatic N) is 3. The van der Waals surface area contributed by atoms with Crippen molar-refractivity contribution in [2.75, 3.05) is 20.7 Å². The molecule has 8 atom stereocenters. The van der Waals surface area contributed by atoms with E-state index in [9.17, 15) is 14.1 Å². The number of aliphatic hydroxyl groups is 1. The van der Waals surface area contributed by atoms with Gasteiger partial charge in [0, 0.05) is 40.3 Å². The van der Waals surface area contributed by atoms with Crippen molar-refractivity contribution in [3.05, 3.63) is 47.0 Å². The number of fused-ring (bicyclic) bond motifs is 3. The van der Waals surface area contributed by atoms with Crippen molar-refractivity contribution in [2.45, 2.75) is 114 Å². The van der Waals surface area contributed by atoms with E-state index >= 15 is 0 Å². The van der Waals surface area contributed by atoms with Crippen molar-refractivity contribution in [1.29, 1.82) is 0 Å². The molecule has 51 heavy (non-hydrogen) atoms. The molecular formula is C39H53N5O5S2. The molecule has 7 rings (SSSR count). The fourth-order valence-electron chi connectivity index (χ4n) is 8.07. The van der Waals surface area contributed by atoms with E-state index in [4.69, 9.17) is 19.4 Å². The van der Waals surface area contributed by atoms with E-state index < -0.39 is 22.8 Å². The van der Waals surface area contributed by atoms with E-state index in [1.807, 2.05) is 25.1 Å². The van der Waals surface area contributed by atoms with E-state index in [0.29, 0.717) is 18.8 Å². The maximum absolute atomic E-state index is 13.7. The number of hydrogen-bond acceptors (Lipinski definition) is 10. The first-order chi connectivity index (χ1) is 24.5. The van der Waals surface area contributed by atoms with Crippen LogP contribution in [0.5, 0.6) is 11.5 Å². The molecule has 2 aromatic heterocycles. The van der Waals surface area contributed by atoms with Crippen LogP contribution in [-0.2, 0) is 15.8 Å². The van der Waals surface area contributed by atoms with Gasteiger partial charge in [-0.15, -0.1) is 11.3 Å². The van der Waals surface area contributed by atoms with Gasteiger partial charge in [0.05, 0.1) is 29.7 Å². The van der Waals surface area contributed by atoms with Gasteiger partial charge in [-0.05, 0) is 103 Å². The molecule has 0 saturated heterocycles. The molecule has 12 heteroatoms. The van der Waals surface area contributed by atoms with Crippen molar-refractivity contribution in [1.82, 2.24) is 24.9 Å². The Balaban J connectivity index is 1.20. The normalized spacial score (nSPS) is 31.4. The van der Waals surface area contributed by atoms with Gasteiger partial charge in [-0.2, -0.15) is 0 Å². The largest absolute Gasteiger partial charge is 0.496 e. The second kappa shape index (κ2) is 14.9. The van der Waals surface area contributed by atoms with Crippen LogP contribution in [0.2, 0.25) is 0 Å². The lowest BCUT2D eigenvalue weighted by Crippen LogP contribution is -2.55. The van der Waals surface area contributed by atoms with Gasteiger partial charge in [-0.1, -0.05) is 26.0 Å². The van der Waals surface area contributed by atoms with Gasteiger partial charge in [0.15, 0.2) is 0 Å². The number of methoxy groups -OCH3 is 1. The molecule has 0 spiro atoms. The smallest absolute Gasteiger partial charge is 0.252 e. The second-order valence-corrected chi connectivity index (χ2v) is 17.8. The summed E-state index contributed by atoms with van der Waals surface area (Å²) in [5.41, 5.74) is 2.59. The molecule has 1 amide bonds. The lowest BCUT2D eigenvalue weighted by molar-refractivity contribution is -0.124. The first-order valence-electron chi connectivity index (χ1n) is 18.6. The molecule has 4 aliphatic rings. The zero-order chi connectivity index (χ0) is 36.0. The minimum Gasteiger partial charge on any atom is -0.496 e. The fourth-order valence-corrected chi connectivity index (χ4v) is 10.1. The van der Waals surface area contributed by atoms with Crippen LogP contribution in [0, 0.1) is 24.7 Å². The van der Waals surface area contributed by atoms with Crippen LogP contribution in [0.25, 0.3) is 21.6 Å². The van der Waals surface area contributed by atoms with Crippen LogP contribution in [0.4, 0.5) is 0 Å². The number of ether oxygens (including phenoxy) is 2. The quantitative estimate of drug-likeness (QED) is 0.231. The summed E-state index contributed by atoms with van der Waals surface area (Å²) >= 11 is 1.59. The zero-order valence-corrected chi connectivity index (χ0v) is 32.3. The number of nitrogens with one attached hydrogen (secondary N) is 2. The Morgan fingerprint density at radius 1 is 1.18 bits per heavy atom. The minimum atomic E-state index is -1.40. The molecule has 0 radical (unpaired) electrons. The van der Waals surface area contributed by atoms with Crippen molar-refractivity contribution >= 4 is 39.1 Å². The lowest BCUT2D eigenvalue weighted by Gasteiger charge is -2.36. The molecular weight excluding hydrogens is 683 g/mol. The van der Waals surface area contributed by atoms with Crippen LogP contribution in [0.3, 0.4) is 0 Å². The predicted octanol–water partition coefficient (Wildman–Crippen LogP) is 6.24. The number of rotatable bonds is 8. The van der Waals surface area contributed by atoms with E-state index in [1.165, 1.54) is 0 Å². The first kappa shape index (κ1) is 36.5. The maximum atomic E-state index is 13.7. The predicted molar refractivity (Wildman–Crippen MR) is 203 cm³/mol. The zero-order valence-electron chi connectivity index (χ0n) is 30.7. The summed E-state index contributed by atoms with van der Waals surface area (Å²) in [5.74, 6) is 1.44. The highest BCUT2D eigenvalue weighted by atomic mass is 32.2. The number of pyridine rings is 1. The molecule has 1 aromatic carbocycles. The average molecular weight is 736 g/mol. The molecule has 3 fully saturated rings. The van der Waals surface area contributed by atoms with Gasteiger partial charge in [0.1, 0.15) is 45.0 Å². The minimum absolute atomic E-state index is 0.0394. The summed E-state index contributed by atoms with van der Waals surface area (Å²) < 4.78 is 28.2. The average Bonchev–Trinajstić information content (AvgIpc) is 3.97. The van der Waals surface area contributed by atoms with Crippen LogP contribution >= 0.6 is 11.3 Å². The van der Waals surface area contributed by atoms with Crippen LogP contribution in [0.1, 0.15) is 89.3 Å². The van der Waals surface area contributed by atoms with Crippen molar-refractivity contribution in [2.24, 2.45) is 17.8 Å². The van der Waals surface area contributed by atoms with E-state index in [0.717, 1.165) is 89.4 Å². The van der Waals surface area contributed by atoms with E-state index in [-0.39, 0.29) is 41.1 Å². The first-order valence-corrected chi connectivity index (χ1v) is 20.7. The standard InChI is InChI=1S/C39H53N5O5S2/c1-22(2)32-21-50-37(41-32)31-19-34(28-14-15-33(48-6)23(3)35(28)40-31)49-26-17-29-24(4)44(5)16-10-8-7-9-11-25-20-39(25,42-36(45)30(29)18-26)38(46)43-51(47)27-12-13-27/h9,11,14-15,19,21-22,24-27,29-30,36,42,45H,7-8,10,12-13,16-18,20H2,1-6H3,(H,43,46)/b11-9+/t24?,25-,26+,29+,30-,36?,39-,51?/m1/s1. The molecule has 10 nitrogen and oxygen atoms in total. The third kappa shape index (κ3) is 7.49. The van der Waals surface area contributed by atoms with Crippen LogP contribution in [0.15, 0.2) is 35.7 Å². The number of aliphatic hydroxyl groups excluding tert-OH is 1. The molecule has 0 bridgehead atoms. The molecule has 3 N–H and O–H groups in total. The highest BCUT2D eigenvalue weighted by molar-refractivity contribution is 7.84. The number of hydrogen-bond donors (Lipinski definition) is 3. The molecule has 3 heterocycles. The Morgan fingerprint density at radius 2 is 1.96 bits per heavy atom. The van der Waals surface area contributed by atoms with Gasteiger partial charge in [0.2, 0.25) is 0 Å². The summed E-state index contributed by atoms with van der Waals surface area (Å²) in [7, 11) is 2.45. The number of allylic oxidation sites excluding steroid dienone is 1. The highest BCUT2D eigenvalue weighted by Crippen LogP contribution is 2.48. The Bertz CT molecular complexity index is 1810. The Hall–Kier alpha value is -2.90. The molecule has 3 aromatic rings. The number of carbonyl (C=O) groups excluding carboxylic acids is 1. The number of benzene rings is 1. The van der Waals surface area contributed by atoms with Gasteiger partial charge in [-0.3, -0.25) is 14.8 Å². The van der Waals surface area contributed by atoms with Crippen LogP contribution in [-0.4, -0.2) is 80.0 Å². The van der Waals surface area contributed by atoms with Crippen molar-refractivity contribution in [3.8, 4) is 22.2 Å². The summed E-state index contributed by atoms with van der Waals surface area (Å²) in [5, 5.41) is 19.4. The number of aryl methyl sites for hydroxylation is 1. The van der Waals surface area contributed by atoms with E-state index in [1.54, 1.807) is 18.4 Å². The monoisotopic (exact) mass is 735 g/mol. The molecule has 3 saturated carbocycles. The maximum Gasteiger partial charge on any atom is 0.252 e. The molecule has 3 unspecified atom stereocenters. The Morgan fingerprint density at radius 3 is 2.69 bits per heavy atom. The Labute approximate surface area is 308 Å². The van der Waals surface area contributed by atoms with Gasteiger partial charge in [0.25, 0.3) is 5.91 Å². The number of aromatic nitrogens is 2. The third-order valence-corrected chi connectivity index (χ3v) is 14.0. The molecule has 276 valence electrons. The third-order valence-electron chi connectivity index (χ3n) is 11.7. The second-order valence-electron chi connectivity index (χ2n) is 15.5. The van der Waals surface area contributed by atoms with Crippen molar-refractivity contribution in [3.63, 3.8) is 0 Å². The summed E-state index contributed by atoms with van der Waals surface area (Å²) in [4.78, 5) is 26.1. The topological polar surface area (TPSA) is 126 Å². The van der Waals surface area contributed by atoms with E-state index in [2.05, 4.69) is 60.3 Å². The number of amides is 1. The van der Waals surface area contributed by atoms with Gasteiger partial charge < -0.3 is 19.5 Å². The van der Waals surface area contributed by atoms with Gasteiger partial charge in [-0.25, -0.2) is 14.2 Å². The summed E-state index contributed by atoms with van der Waals surface area (Å²) in [6.45, 7) is 9.53. The molecule has 1 aliphatic heterocycles. The number of thiazole rings is 1. The lowest BCUT2D eigenvalue weighted by atomic mass is 9.87. The number of carbonyl (C=O) groups is 1. The highest BCUT2D eigenvalue weighted by Gasteiger charge is 2.61.